The van der Waals surface area contributed by atoms with Crippen LogP contribution in [-0.4, -0.2) is 18.1 Å². The third-order valence-electron chi connectivity index (χ3n) is 2.59. The summed E-state index contributed by atoms with van der Waals surface area (Å²) in [6, 6.07) is 5.14. The molecule has 0 aliphatic carbocycles. The van der Waals surface area contributed by atoms with Gasteiger partial charge in [-0.05, 0) is 43.9 Å². The standard InChI is InChI=1S/C12H20ClNS2/c1-4-10(11-5-6-12(13)16-11)14-9(2)7-8-15-3/h5-6,9-10,14H,4,7-8H2,1-3H3. The molecule has 16 heavy (non-hydrogen) atoms. The van der Waals surface area contributed by atoms with E-state index in [1.165, 1.54) is 17.1 Å². The Morgan fingerprint density at radius 3 is 2.75 bits per heavy atom. The van der Waals surface area contributed by atoms with E-state index in [9.17, 15) is 0 Å². The summed E-state index contributed by atoms with van der Waals surface area (Å²) < 4.78 is 0.881. The summed E-state index contributed by atoms with van der Waals surface area (Å²) in [7, 11) is 0. The molecule has 0 aliphatic heterocycles. The highest BCUT2D eigenvalue weighted by atomic mass is 35.5. The van der Waals surface area contributed by atoms with Crippen LogP contribution in [0.4, 0.5) is 0 Å². The van der Waals surface area contributed by atoms with Crippen molar-refractivity contribution in [2.24, 2.45) is 0 Å². The van der Waals surface area contributed by atoms with Gasteiger partial charge >= 0.3 is 0 Å². The van der Waals surface area contributed by atoms with Crippen molar-refractivity contribution in [1.82, 2.24) is 5.32 Å². The zero-order valence-electron chi connectivity index (χ0n) is 10.1. The Hall–Kier alpha value is 0.300. The van der Waals surface area contributed by atoms with Gasteiger partial charge in [0.1, 0.15) is 0 Å². The number of nitrogens with one attached hydrogen (secondary N) is 1. The van der Waals surface area contributed by atoms with Crippen LogP contribution in [0.25, 0.3) is 0 Å². The second kappa shape index (κ2) is 7.59. The molecule has 1 N–H and O–H groups in total. The fourth-order valence-corrected chi connectivity index (χ4v) is 3.43. The molecule has 1 heterocycles. The third kappa shape index (κ3) is 4.66. The molecule has 0 amide bonds. The summed E-state index contributed by atoms with van der Waals surface area (Å²) in [5.74, 6) is 1.22. The van der Waals surface area contributed by atoms with Gasteiger partial charge in [-0.15, -0.1) is 11.3 Å². The molecule has 0 saturated heterocycles. The highest BCUT2D eigenvalue weighted by molar-refractivity contribution is 7.98. The lowest BCUT2D eigenvalue weighted by atomic mass is 10.1. The molecule has 2 unspecified atom stereocenters. The maximum atomic E-state index is 5.97. The largest absolute Gasteiger partial charge is 0.307 e. The lowest BCUT2D eigenvalue weighted by Gasteiger charge is -2.21. The molecule has 0 aliphatic rings. The quantitative estimate of drug-likeness (QED) is 0.783. The van der Waals surface area contributed by atoms with Crippen LogP contribution in [0.3, 0.4) is 0 Å². The minimum absolute atomic E-state index is 0.453. The Kier molecular flexibility index (Phi) is 6.81. The van der Waals surface area contributed by atoms with E-state index in [0.717, 1.165) is 10.8 Å². The van der Waals surface area contributed by atoms with E-state index in [2.05, 4.69) is 31.5 Å². The van der Waals surface area contributed by atoms with Gasteiger partial charge in [0.25, 0.3) is 0 Å². The van der Waals surface area contributed by atoms with E-state index in [1.54, 1.807) is 11.3 Å². The maximum absolute atomic E-state index is 5.97. The van der Waals surface area contributed by atoms with E-state index in [1.807, 2.05) is 17.8 Å². The molecular weight excluding hydrogens is 258 g/mol. The van der Waals surface area contributed by atoms with Crippen LogP contribution in [-0.2, 0) is 0 Å². The predicted octanol–water partition coefficient (Wildman–Crippen LogP) is 4.58. The van der Waals surface area contributed by atoms with E-state index < -0.39 is 0 Å². The van der Waals surface area contributed by atoms with Crippen molar-refractivity contribution in [1.29, 1.82) is 0 Å². The number of halogens is 1. The van der Waals surface area contributed by atoms with E-state index >= 15 is 0 Å². The van der Waals surface area contributed by atoms with Gasteiger partial charge in [-0.1, -0.05) is 18.5 Å². The molecule has 0 fully saturated rings. The zero-order chi connectivity index (χ0) is 12.0. The van der Waals surface area contributed by atoms with Gasteiger partial charge in [0, 0.05) is 17.0 Å². The summed E-state index contributed by atoms with van der Waals surface area (Å²) in [6.45, 7) is 4.47. The fourth-order valence-electron chi connectivity index (χ4n) is 1.64. The Morgan fingerprint density at radius 1 is 1.50 bits per heavy atom. The van der Waals surface area contributed by atoms with Crippen molar-refractivity contribution in [2.75, 3.05) is 12.0 Å². The van der Waals surface area contributed by atoms with Gasteiger partial charge in [-0.2, -0.15) is 11.8 Å². The summed E-state index contributed by atoms with van der Waals surface area (Å²) in [4.78, 5) is 1.35. The molecular formula is C12H20ClNS2. The number of thioether (sulfide) groups is 1. The van der Waals surface area contributed by atoms with E-state index in [-0.39, 0.29) is 0 Å². The van der Waals surface area contributed by atoms with Gasteiger partial charge in [0.15, 0.2) is 0 Å². The molecule has 0 saturated carbocycles. The lowest BCUT2D eigenvalue weighted by Crippen LogP contribution is -2.30. The maximum Gasteiger partial charge on any atom is 0.0931 e. The SMILES string of the molecule is CCC(NC(C)CCSC)c1ccc(Cl)s1. The average molecular weight is 278 g/mol. The molecule has 1 nitrogen and oxygen atoms in total. The first-order chi connectivity index (χ1) is 7.67. The van der Waals surface area contributed by atoms with Crippen molar-refractivity contribution in [2.45, 2.75) is 38.8 Å². The Labute approximate surface area is 112 Å². The number of hydrogen-bond acceptors (Lipinski definition) is 3. The van der Waals surface area contributed by atoms with Crippen LogP contribution in [0.15, 0.2) is 12.1 Å². The number of rotatable bonds is 7. The van der Waals surface area contributed by atoms with Crippen molar-refractivity contribution in [3.05, 3.63) is 21.3 Å². The second-order valence-corrected chi connectivity index (χ2v) is 6.68. The minimum Gasteiger partial charge on any atom is -0.307 e. The minimum atomic E-state index is 0.453. The summed E-state index contributed by atoms with van der Waals surface area (Å²) in [5, 5.41) is 3.67. The molecule has 1 aromatic rings. The van der Waals surface area contributed by atoms with E-state index in [4.69, 9.17) is 11.6 Å². The number of hydrogen-bond donors (Lipinski definition) is 1. The molecule has 0 spiro atoms. The molecule has 0 radical (unpaired) electrons. The summed E-state index contributed by atoms with van der Waals surface area (Å²) in [5.41, 5.74) is 0. The highest BCUT2D eigenvalue weighted by Crippen LogP contribution is 2.29. The van der Waals surface area contributed by atoms with Gasteiger partial charge in [-0.25, -0.2) is 0 Å². The molecule has 4 heteroatoms. The van der Waals surface area contributed by atoms with Gasteiger partial charge in [-0.3, -0.25) is 0 Å². The molecule has 92 valence electrons. The summed E-state index contributed by atoms with van der Waals surface area (Å²) in [6.07, 6.45) is 4.49. The fraction of sp³-hybridized carbons (Fsp3) is 0.667. The Morgan fingerprint density at radius 2 is 2.25 bits per heavy atom. The van der Waals surface area contributed by atoms with Crippen molar-refractivity contribution < 1.29 is 0 Å². The predicted molar refractivity (Wildman–Crippen MR) is 78.0 cm³/mol. The van der Waals surface area contributed by atoms with Crippen molar-refractivity contribution >= 4 is 34.7 Å². The van der Waals surface area contributed by atoms with Crippen LogP contribution >= 0.6 is 34.7 Å². The van der Waals surface area contributed by atoms with Crippen molar-refractivity contribution in [3.8, 4) is 0 Å². The Balaban J connectivity index is 2.48. The first-order valence-corrected chi connectivity index (χ1v) is 8.26. The summed E-state index contributed by atoms with van der Waals surface area (Å²) >= 11 is 9.56. The van der Waals surface area contributed by atoms with Crippen molar-refractivity contribution in [3.63, 3.8) is 0 Å². The molecule has 2 atom stereocenters. The van der Waals surface area contributed by atoms with Gasteiger partial charge in [0.05, 0.1) is 4.34 Å². The molecule has 1 rings (SSSR count). The third-order valence-corrected chi connectivity index (χ3v) is 4.58. The number of thiophene rings is 1. The average Bonchev–Trinajstić information content (AvgIpc) is 2.69. The van der Waals surface area contributed by atoms with Crippen LogP contribution in [0.5, 0.6) is 0 Å². The van der Waals surface area contributed by atoms with Gasteiger partial charge in [0.2, 0.25) is 0 Å². The van der Waals surface area contributed by atoms with Gasteiger partial charge < -0.3 is 5.32 Å². The van der Waals surface area contributed by atoms with E-state index in [0.29, 0.717) is 12.1 Å². The topological polar surface area (TPSA) is 12.0 Å². The lowest BCUT2D eigenvalue weighted by molar-refractivity contribution is 0.444. The normalized spacial score (nSPS) is 15.0. The molecule has 0 aromatic carbocycles. The van der Waals surface area contributed by atoms with Crippen LogP contribution in [0, 0.1) is 0 Å². The van der Waals surface area contributed by atoms with Crippen LogP contribution < -0.4 is 5.32 Å². The Bertz CT molecular complexity index is 301. The monoisotopic (exact) mass is 277 g/mol. The highest BCUT2D eigenvalue weighted by Gasteiger charge is 2.13. The smallest absolute Gasteiger partial charge is 0.0931 e. The first kappa shape index (κ1) is 14.4. The van der Waals surface area contributed by atoms with Crippen LogP contribution in [0.1, 0.15) is 37.6 Å². The second-order valence-electron chi connectivity index (χ2n) is 3.95. The van der Waals surface area contributed by atoms with Crippen LogP contribution in [0.2, 0.25) is 4.34 Å². The molecule has 1 aromatic heterocycles. The first-order valence-electron chi connectivity index (χ1n) is 5.67. The molecule has 0 bridgehead atoms. The zero-order valence-corrected chi connectivity index (χ0v) is 12.5.